The summed E-state index contributed by atoms with van der Waals surface area (Å²) >= 11 is 0. The van der Waals surface area contributed by atoms with E-state index in [1.807, 2.05) is 26.0 Å². The Morgan fingerprint density at radius 1 is 1.06 bits per heavy atom. The average Bonchev–Trinajstić information content (AvgIpc) is 3.25. The van der Waals surface area contributed by atoms with Crippen LogP contribution in [0.3, 0.4) is 0 Å². The number of piperazine rings is 1. The number of carbonyl (C=O) groups is 1. The van der Waals surface area contributed by atoms with E-state index in [0.717, 1.165) is 5.56 Å². The first-order chi connectivity index (χ1) is 16.0. The summed E-state index contributed by atoms with van der Waals surface area (Å²) in [7, 11) is -3.52. The first-order valence-electron chi connectivity index (χ1n) is 12.0. The quantitative estimate of drug-likeness (QED) is 0.494. The Morgan fingerprint density at radius 2 is 1.66 bits per heavy atom. The van der Waals surface area contributed by atoms with Gasteiger partial charge in [0, 0.05) is 52.1 Å². The number of amides is 1. The third-order valence-electron chi connectivity index (χ3n) is 6.23. The molecule has 0 spiro atoms. The molecule has 35 heavy (non-hydrogen) atoms. The third-order valence-corrected chi connectivity index (χ3v) is 8.15. The van der Waals surface area contributed by atoms with Crippen molar-refractivity contribution in [3.8, 4) is 0 Å². The number of hydrogen-bond acceptors (Lipinski definition) is 7. The first kappa shape index (κ1) is 29.2. The maximum Gasteiger partial charge on any atom is 0.243 e. The van der Waals surface area contributed by atoms with Crippen LogP contribution in [0.25, 0.3) is 0 Å². The van der Waals surface area contributed by atoms with Gasteiger partial charge in [-0.25, -0.2) is 8.42 Å². The summed E-state index contributed by atoms with van der Waals surface area (Å²) in [4.78, 5) is 20.8. The highest BCUT2D eigenvalue weighted by molar-refractivity contribution is 7.89. The molecule has 11 heteroatoms. The van der Waals surface area contributed by atoms with Crippen LogP contribution in [0.5, 0.6) is 0 Å². The summed E-state index contributed by atoms with van der Waals surface area (Å²) in [5.41, 5.74) is 1.08. The van der Waals surface area contributed by atoms with Gasteiger partial charge < -0.3 is 9.42 Å². The molecule has 1 aliphatic heterocycles. The van der Waals surface area contributed by atoms with Crippen molar-refractivity contribution in [2.24, 2.45) is 0 Å². The average molecular weight is 528 g/mol. The number of hydrogen-bond donors (Lipinski definition) is 0. The Bertz CT molecular complexity index is 1050. The molecule has 0 atom stereocenters. The molecule has 9 nitrogen and oxygen atoms in total. The summed E-state index contributed by atoms with van der Waals surface area (Å²) in [5.74, 6) is 1.09. The fourth-order valence-corrected chi connectivity index (χ4v) is 5.43. The van der Waals surface area contributed by atoms with Gasteiger partial charge in [-0.05, 0) is 37.0 Å². The van der Waals surface area contributed by atoms with Gasteiger partial charge in [-0.1, -0.05) is 38.1 Å². The van der Waals surface area contributed by atoms with Gasteiger partial charge in [0.25, 0.3) is 0 Å². The van der Waals surface area contributed by atoms with Gasteiger partial charge in [0.1, 0.15) is 0 Å². The molecule has 1 fully saturated rings. The lowest BCUT2D eigenvalue weighted by atomic mass is 9.87. The van der Waals surface area contributed by atoms with E-state index < -0.39 is 10.0 Å². The molecule has 0 aliphatic carbocycles. The van der Waals surface area contributed by atoms with Crippen LogP contribution in [0.1, 0.15) is 58.3 Å². The van der Waals surface area contributed by atoms with Crippen LogP contribution in [0.4, 0.5) is 0 Å². The van der Waals surface area contributed by atoms with E-state index >= 15 is 0 Å². The number of halogens is 1. The fourth-order valence-electron chi connectivity index (χ4n) is 4.01. The van der Waals surface area contributed by atoms with E-state index in [-0.39, 0.29) is 23.7 Å². The number of rotatable bonds is 9. The number of sulfonamides is 1. The van der Waals surface area contributed by atoms with Crippen molar-refractivity contribution in [1.29, 1.82) is 0 Å². The highest BCUT2D eigenvalue weighted by Crippen LogP contribution is 2.25. The number of benzene rings is 1. The van der Waals surface area contributed by atoms with Crippen LogP contribution in [0, 0.1) is 0 Å². The largest absolute Gasteiger partial charge is 0.343 e. The van der Waals surface area contributed by atoms with E-state index in [1.165, 1.54) is 4.31 Å². The molecule has 0 N–H and O–H groups in total. The summed E-state index contributed by atoms with van der Waals surface area (Å²) in [6.07, 6.45) is 0.763. The van der Waals surface area contributed by atoms with Crippen LogP contribution >= 0.6 is 12.4 Å². The molecule has 1 aromatic heterocycles. The molecule has 2 heterocycles. The lowest BCUT2D eigenvalue weighted by Crippen LogP contribution is -2.48. The minimum absolute atomic E-state index is 0. The van der Waals surface area contributed by atoms with E-state index in [0.29, 0.717) is 75.3 Å². The first-order valence-corrected chi connectivity index (χ1v) is 13.4. The molecule has 0 unspecified atom stereocenters. The zero-order valence-electron chi connectivity index (χ0n) is 21.4. The second kappa shape index (κ2) is 12.3. The van der Waals surface area contributed by atoms with Crippen molar-refractivity contribution in [2.45, 2.75) is 64.3 Å². The number of carbonyl (C=O) groups excluding carboxylic acids is 1. The zero-order valence-corrected chi connectivity index (χ0v) is 23.0. The maximum absolute atomic E-state index is 13.1. The van der Waals surface area contributed by atoms with Crippen LogP contribution in [-0.4, -0.2) is 77.8 Å². The van der Waals surface area contributed by atoms with Crippen LogP contribution in [0.15, 0.2) is 33.7 Å². The standard InChI is InChI=1S/C24H37N5O4S.ClH/c1-6-28(7-2)23(30)13-12-22-25-21(26-33-22)18-27-14-16-29(17-15-27)34(31,32)20-10-8-19(9-11-20)24(3,4)5;/h8-11H,6-7,12-18H2,1-5H3;1H. The van der Waals surface area contributed by atoms with Gasteiger partial charge >= 0.3 is 0 Å². The SMILES string of the molecule is CCN(CC)C(=O)CCc1nc(CN2CCN(S(=O)(=O)c3ccc(C(C)(C)C)cc3)CC2)no1.Cl. The highest BCUT2D eigenvalue weighted by atomic mass is 35.5. The number of aromatic nitrogens is 2. The molecule has 0 saturated carbocycles. The van der Waals surface area contributed by atoms with Gasteiger partial charge in [-0.3, -0.25) is 9.69 Å². The van der Waals surface area contributed by atoms with Crippen molar-refractivity contribution >= 4 is 28.3 Å². The van der Waals surface area contributed by atoms with Gasteiger partial charge in [0.2, 0.25) is 21.8 Å². The monoisotopic (exact) mass is 527 g/mol. The second-order valence-corrected chi connectivity index (χ2v) is 11.6. The minimum atomic E-state index is -3.52. The summed E-state index contributed by atoms with van der Waals surface area (Å²) in [5, 5.41) is 4.03. The molecular weight excluding hydrogens is 490 g/mol. The Labute approximate surface area is 215 Å². The smallest absolute Gasteiger partial charge is 0.243 e. The van der Waals surface area contributed by atoms with Gasteiger partial charge in [0.15, 0.2) is 5.82 Å². The summed E-state index contributed by atoms with van der Waals surface area (Å²) in [6.45, 7) is 14.1. The van der Waals surface area contributed by atoms with E-state index in [2.05, 4.69) is 35.8 Å². The Morgan fingerprint density at radius 3 is 2.20 bits per heavy atom. The van der Waals surface area contributed by atoms with Gasteiger partial charge in [-0.2, -0.15) is 9.29 Å². The molecule has 0 radical (unpaired) electrons. The Kier molecular flexibility index (Phi) is 10.3. The number of nitrogens with zero attached hydrogens (tertiary/aromatic N) is 5. The topological polar surface area (TPSA) is 99.9 Å². The van der Waals surface area contributed by atoms with Crippen LogP contribution in [0.2, 0.25) is 0 Å². The van der Waals surface area contributed by atoms with E-state index in [1.54, 1.807) is 17.0 Å². The molecule has 1 amide bonds. The zero-order chi connectivity index (χ0) is 24.9. The van der Waals surface area contributed by atoms with Crippen molar-refractivity contribution < 1.29 is 17.7 Å². The van der Waals surface area contributed by atoms with Crippen molar-refractivity contribution in [1.82, 2.24) is 24.2 Å². The van der Waals surface area contributed by atoms with Gasteiger partial charge in [-0.15, -0.1) is 12.4 Å². The normalized spacial score (nSPS) is 15.6. The molecule has 2 aromatic rings. The minimum Gasteiger partial charge on any atom is -0.343 e. The van der Waals surface area contributed by atoms with Crippen LogP contribution in [-0.2, 0) is 33.2 Å². The van der Waals surface area contributed by atoms with Crippen LogP contribution < -0.4 is 0 Å². The van der Waals surface area contributed by atoms with Crippen molar-refractivity contribution in [3.63, 3.8) is 0 Å². The third kappa shape index (κ3) is 7.49. The molecule has 1 aromatic carbocycles. The fraction of sp³-hybridized carbons (Fsp3) is 0.625. The Hall–Kier alpha value is -2.01. The van der Waals surface area contributed by atoms with Gasteiger partial charge in [0.05, 0.1) is 11.4 Å². The highest BCUT2D eigenvalue weighted by Gasteiger charge is 2.29. The Balaban J connectivity index is 0.00000432. The molecule has 0 bridgehead atoms. The lowest BCUT2D eigenvalue weighted by Gasteiger charge is -2.33. The number of aryl methyl sites for hydroxylation is 1. The predicted molar refractivity (Wildman–Crippen MR) is 137 cm³/mol. The van der Waals surface area contributed by atoms with Crippen molar-refractivity contribution in [2.75, 3.05) is 39.3 Å². The molecular formula is C24H38ClN5O4S. The molecule has 1 aliphatic rings. The second-order valence-electron chi connectivity index (χ2n) is 9.62. The molecule has 196 valence electrons. The predicted octanol–water partition coefficient (Wildman–Crippen LogP) is 3.10. The van der Waals surface area contributed by atoms with Crippen molar-refractivity contribution in [3.05, 3.63) is 41.5 Å². The summed E-state index contributed by atoms with van der Waals surface area (Å²) < 4.78 is 33.0. The van der Waals surface area contributed by atoms with E-state index in [4.69, 9.17) is 4.52 Å². The molecule has 1 saturated heterocycles. The lowest BCUT2D eigenvalue weighted by molar-refractivity contribution is -0.130. The molecule has 3 rings (SSSR count). The van der Waals surface area contributed by atoms with E-state index in [9.17, 15) is 13.2 Å². The maximum atomic E-state index is 13.1. The summed E-state index contributed by atoms with van der Waals surface area (Å²) in [6, 6.07) is 7.20.